The maximum atomic E-state index is 5.93. The summed E-state index contributed by atoms with van der Waals surface area (Å²) in [5, 5.41) is 10.7. The third-order valence-corrected chi connectivity index (χ3v) is 5.66. The van der Waals surface area contributed by atoms with Crippen LogP contribution in [-0.4, -0.2) is 21.6 Å². The zero-order chi connectivity index (χ0) is 16.5. The zero-order valence-electron chi connectivity index (χ0n) is 14.0. The molecule has 24 heavy (non-hydrogen) atoms. The zero-order valence-corrected chi connectivity index (χ0v) is 14.8. The molecule has 1 unspecified atom stereocenters. The second-order valence-corrected chi connectivity index (χ2v) is 7.31. The van der Waals surface area contributed by atoms with Crippen molar-refractivity contribution in [2.75, 3.05) is 6.54 Å². The van der Waals surface area contributed by atoms with Crippen molar-refractivity contribution in [1.29, 1.82) is 0 Å². The topological polar surface area (TPSA) is 42.2 Å². The van der Waals surface area contributed by atoms with E-state index in [1.54, 1.807) is 0 Å². The number of aromatic nitrogens is 2. The number of fused-ring (bicyclic) bond motifs is 1. The van der Waals surface area contributed by atoms with Gasteiger partial charge in [-0.05, 0) is 48.9 Å². The first kappa shape index (κ1) is 15.5. The summed E-state index contributed by atoms with van der Waals surface area (Å²) in [6.07, 6.45) is 2.21. The van der Waals surface area contributed by atoms with E-state index in [-0.39, 0.29) is 0 Å². The minimum atomic E-state index is 0.453. The van der Waals surface area contributed by atoms with E-state index in [1.807, 2.05) is 23.5 Å². The molecule has 2 aromatic heterocycles. The maximum Gasteiger partial charge on any atom is 0.247 e. The number of nitrogens with zero attached hydrogens (tertiary/aromatic N) is 3. The van der Waals surface area contributed by atoms with E-state index in [4.69, 9.17) is 4.42 Å². The van der Waals surface area contributed by atoms with E-state index in [9.17, 15) is 0 Å². The van der Waals surface area contributed by atoms with E-state index in [0.717, 1.165) is 24.9 Å². The Morgan fingerprint density at radius 3 is 3.04 bits per heavy atom. The average Bonchev–Trinajstić information content (AvgIpc) is 3.24. The fourth-order valence-electron chi connectivity index (χ4n) is 3.50. The molecule has 0 radical (unpaired) electrons. The highest BCUT2D eigenvalue weighted by Crippen LogP contribution is 2.36. The monoisotopic (exact) mass is 339 g/mol. The van der Waals surface area contributed by atoms with Gasteiger partial charge in [-0.2, -0.15) is 0 Å². The lowest BCUT2D eigenvalue weighted by Crippen LogP contribution is -2.34. The summed E-state index contributed by atoms with van der Waals surface area (Å²) in [6, 6.07) is 10.9. The second-order valence-electron chi connectivity index (χ2n) is 6.31. The molecule has 5 heteroatoms. The van der Waals surface area contributed by atoms with Crippen molar-refractivity contribution in [3.05, 3.63) is 57.6 Å². The molecule has 1 aliphatic rings. The number of thiophene rings is 1. The van der Waals surface area contributed by atoms with Crippen molar-refractivity contribution in [2.45, 2.75) is 39.3 Å². The first-order chi connectivity index (χ1) is 11.7. The lowest BCUT2D eigenvalue weighted by atomic mass is 9.98. The van der Waals surface area contributed by atoms with Gasteiger partial charge < -0.3 is 4.42 Å². The lowest BCUT2D eigenvalue weighted by molar-refractivity contribution is 0.157. The maximum absolute atomic E-state index is 5.93. The van der Waals surface area contributed by atoms with Gasteiger partial charge in [-0.1, -0.05) is 24.6 Å². The fraction of sp³-hybridized carbons (Fsp3) is 0.368. The highest BCUT2D eigenvalue weighted by Gasteiger charge is 2.28. The van der Waals surface area contributed by atoms with Crippen molar-refractivity contribution in [3.63, 3.8) is 0 Å². The van der Waals surface area contributed by atoms with Crippen molar-refractivity contribution in [3.8, 4) is 11.5 Å². The number of aryl methyl sites for hydroxylation is 1. The van der Waals surface area contributed by atoms with Crippen LogP contribution < -0.4 is 0 Å². The molecule has 3 heterocycles. The first-order valence-electron chi connectivity index (χ1n) is 8.44. The summed E-state index contributed by atoms with van der Waals surface area (Å²) in [7, 11) is 0. The van der Waals surface area contributed by atoms with Gasteiger partial charge >= 0.3 is 0 Å². The molecule has 1 atom stereocenters. The summed E-state index contributed by atoms with van der Waals surface area (Å²) in [5.41, 5.74) is 3.66. The SMILES string of the molecule is CCC1c2ccsc2CCN1Cc1nnc(-c2cccc(C)c2)o1. The predicted octanol–water partition coefficient (Wildman–Crippen LogP) is 4.62. The molecule has 0 amide bonds. The molecule has 0 N–H and O–H groups in total. The van der Waals surface area contributed by atoms with Gasteiger partial charge in [-0.3, -0.25) is 4.90 Å². The fourth-order valence-corrected chi connectivity index (χ4v) is 4.43. The molecule has 0 fully saturated rings. The Kier molecular flexibility index (Phi) is 4.21. The quantitative estimate of drug-likeness (QED) is 0.696. The molecular weight excluding hydrogens is 318 g/mol. The highest BCUT2D eigenvalue weighted by atomic mass is 32.1. The third-order valence-electron chi connectivity index (χ3n) is 4.66. The van der Waals surface area contributed by atoms with Crippen molar-refractivity contribution in [1.82, 2.24) is 15.1 Å². The molecule has 1 aromatic carbocycles. The van der Waals surface area contributed by atoms with Crippen LogP contribution in [0.25, 0.3) is 11.5 Å². The highest BCUT2D eigenvalue weighted by molar-refractivity contribution is 7.10. The molecule has 0 saturated heterocycles. The molecular formula is C19H21N3OS. The van der Waals surface area contributed by atoms with Crippen LogP contribution in [0.5, 0.6) is 0 Å². The number of benzene rings is 1. The molecule has 4 rings (SSSR count). The Balaban J connectivity index is 1.54. The molecule has 4 nitrogen and oxygen atoms in total. The number of hydrogen-bond acceptors (Lipinski definition) is 5. The van der Waals surface area contributed by atoms with E-state index >= 15 is 0 Å². The Hall–Kier alpha value is -1.98. The van der Waals surface area contributed by atoms with Crippen LogP contribution in [0.3, 0.4) is 0 Å². The summed E-state index contributed by atoms with van der Waals surface area (Å²) in [5.74, 6) is 1.30. The molecule has 3 aromatic rings. The summed E-state index contributed by atoms with van der Waals surface area (Å²) in [4.78, 5) is 3.99. The van der Waals surface area contributed by atoms with Crippen molar-refractivity contribution >= 4 is 11.3 Å². The van der Waals surface area contributed by atoms with Gasteiger partial charge in [-0.15, -0.1) is 21.5 Å². The van der Waals surface area contributed by atoms with Gasteiger partial charge in [0.05, 0.1) is 6.54 Å². The van der Waals surface area contributed by atoms with Crippen LogP contribution >= 0.6 is 11.3 Å². The Morgan fingerprint density at radius 2 is 2.21 bits per heavy atom. The van der Waals surface area contributed by atoms with Crippen molar-refractivity contribution in [2.24, 2.45) is 0 Å². The molecule has 0 saturated carbocycles. The lowest BCUT2D eigenvalue weighted by Gasteiger charge is -2.34. The standard InChI is InChI=1S/C19H21N3OS/c1-3-16-15-8-10-24-17(15)7-9-22(16)12-18-20-21-19(23-18)14-6-4-5-13(2)11-14/h4-6,8,10-11,16H,3,7,9,12H2,1-2H3. The van der Waals surface area contributed by atoms with E-state index in [0.29, 0.717) is 24.4 Å². The minimum Gasteiger partial charge on any atom is -0.419 e. The molecule has 124 valence electrons. The van der Waals surface area contributed by atoms with Crippen LogP contribution in [0.1, 0.15) is 41.3 Å². The largest absolute Gasteiger partial charge is 0.419 e. The summed E-state index contributed by atoms with van der Waals surface area (Å²) < 4.78 is 5.93. The van der Waals surface area contributed by atoms with E-state index in [1.165, 1.54) is 16.0 Å². The second kappa shape index (κ2) is 6.49. The Morgan fingerprint density at radius 1 is 1.29 bits per heavy atom. The van der Waals surface area contributed by atoms with Gasteiger partial charge in [-0.25, -0.2) is 0 Å². The minimum absolute atomic E-state index is 0.453. The first-order valence-corrected chi connectivity index (χ1v) is 9.32. The number of rotatable bonds is 4. The van der Waals surface area contributed by atoms with Gasteiger partial charge in [0.15, 0.2) is 0 Å². The normalized spacial score (nSPS) is 17.8. The van der Waals surface area contributed by atoms with Gasteiger partial charge in [0.25, 0.3) is 0 Å². The van der Waals surface area contributed by atoms with Crippen LogP contribution in [0.2, 0.25) is 0 Å². The van der Waals surface area contributed by atoms with Crippen LogP contribution in [0.15, 0.2) is 40.1 Å². The van der Waals surface area contributed by atoms with Crippen molar-refractivity contribution < 1.29 is 4.42 Å². The average molecular weight is 339 g/mol. The summed E-state index contributed by atoms with van der Waals surface area (Å²) in [6.45, 7) is 6.08. The number of hydrogen-bond donors (Lipinski definition) is 0. The molecule has 0 bridgehead atoms. The van der Waals surface area contributed by atoms with Crippen LogP contribution in [0, 0.1) is 6.92 Å². The van der Waals surface area contributed by atoms with E-state index in [2.05, 4.69) is 52.5 Å². The van der Waals surface area contributed by atoms with Crippen LogP contribution in [-0.2, 0) is 13.0 Å². The van der Waals surface area contributed by atoms with Gasteiger partial charge in [0, 0.05) is 23.0 Å². The summed E-state index contributed by atoms with van der Waals surface area (Å²) >= 11 is 1.88. The third kappa shape index (κ3) is 2.89. The molecule has 0 spiro atoms. The van der Waals surface area contributed by atoms with E-state index < -0.39 is 0 Å². The molecule has 1 aliphatic heterocycles. The Labute approximate surface area is 146 Å². The smallest absolute Gasteiger partial charge is 0.247 e. The van der Waals surface area contributed by atoms with Gasteiger partial charge in [0.1, 0.15) is 0 Å². The predicted molar refractivity (Wildman–Crippen MR) is 95.9 cm³/mol. The van der Waals surface area contributed by atoms with Gasteiger partial charge in [0.2, 0.25) is 11.8 Å². The Bertz CT molecular complexity index is 839. The molecule has 0 aliphatic carbocycles. The van der Waals surface area contributed by atoms with Crippen LogP contribution in [0.4, 0.5) is 0 Å².